The van der Waals surface area contributed by atoms with Crippen molar-refractivity contribution in [3.63, 3.8) is 0 Å². The van der Waals surface area contributed by atoms with Crippen molar-refractivity contribution in [3.8, 4) is 11.8 Å². The lowest BCUT2D eigenvalue weighted by Crippen LogP contribution is -2.42. The quantitative estimate of drug-likeness (QED) is 0.540. The van der Waals surface area contributed by atoms with Crippen molar-refractivity contribution in [1.82, 2.24) is 14.5 Å². The highest BCUT2D eigenvalue weighted by Crippen LogP contribution is 2.48. The van der Waals surface area contributed by atoms with Crippen LogP contribution in [0, 0.1) is 11.3 Å². The van der Waals surface area contributed by atoms with Gasteiger partial charge >= 0.3 is 5.97 Å². The SMILES string of the molecule is N#Cc1ccc(-n2c(SC3(C(=O)O)CCC3)nc3ncccc32)c2ccccc12. The van der Waals surface area contributed by atoms with Gasteiger partial charge in [0.25, 0.3) is 0 Å². The number of hydrogen-bond acceptors (Lipinski definition) is 5. The monoisotopic (exact) mass is 400 g/mol. The number of imidazole rings is 1. The van der Waals surface area contributed by atoms with Gasteiger partial charge in [-0.2, -0.15) is 5.26 Å². The Morgan fingerprint density at radius 2 is 1.93 bits per heavy atom. The van der Waals surface area contributed by atoms with Gasteiger partial charge in [0.05, 0.1) is 22.8 Å². The zero-order valence-electron chi connectivity index (χ0n) is 15.4. The maximum absolute atomic E-state index is 12.0. The number of hydrogen-bond donors (Lipinski definition) is 1. The Hall–Kier alpha value is -3.37. The number of thioether (sulfide) groups is 1. The Morgan fingerprint density at radius 1 is 1.14 bits per heavy atom. The summed E-state index contributed by atoms with van der Waals surface area (Å²) < 4.78 is 1.13. The maximum Gasteiger partial charge on any atom is 0.320 e. The number of carbonyl (C=O) groups is 1. The average molecular weight is 400 g/mol. The Balaban J connectivity index is 1.79. The van der Waals surface area contributed by atoms with Crippen molar-refractivity contribution in [2.45, 2.75) is 29.2 Å². The number of pyridine rings is 1. The van der Waals surface area contributed by atoms with Gasteiger partial charge in [-0.05, 0) is 43.5 Å². The summed E-state index contributed by atoms with van der Waals surface area (Å²) in [5.41, 5.74) is 2.84. The molecule has 1 saturated carbocycles. The maximum atomic E-state index is 12.0. The summed E-state index contributed by atoms with van der Waals surface area (Å²) in [7, 11) is 0. The van der Waals surface area contributed by atoms with Crippen LogP contribution < -0.4 is 0 Å². The smallest absolute Gasteiger partial charge is 0.320 e. The number of nitriles is 1. The Morgan fingerprint density at radius 3 is 2.62 bits per heavy atom. The van der Waals surface area contributed by atoms with Crippen LogP contribution in [0.15, 0.2) is 59.9 Å². The first kappa shape index (κ1) is 17.7. The summed E-state index contributed by atoms with van der Waals surface area (Å²) >= 11 is 1.30. The molecule has 0 atom stereocenters. The van der Waals surface area contributed by atoms with Crippen LogP contribution in [0.3, 0.4) is 0 Å². The molecule has 5 rings (SSSR count). The first-order chi connectivity index (χ1) is 14.1. The fraction of sp³-hybridized carbons (Fsp3) is 0.182. The first-order valence-corrected chi connectivity index (χ1v) is 10.1. The van der Waals surface area contributed by atoms with Crippen molar-refractivity contribution in [2.24, 2.45) is 0 Å². The minimum atomic E-state index is -0.846. The molecule has 1 aliphatic carbocycles. The average Bonchev–Trinajstić information content (AvgIpc) is 3.07. The number of carboxylic acids is 1. The predicted octanol–water partition coefficient (Wildman–Crippen LogP) is 4.54. The molecular weight excluding hydrogens is 384 g/mol. The lowest BCUT2D eigenvalue weighted by Gasteiger charge is -2.36. The number of fused-ring (bicyclic) bond motifs is 2. The van der Waals surface area contributed by atoms with E-state index in [-0.39, 0.29) is 0 Å². The van der Waals surface area contributed by atoms with Crippen LogP contribution in [0.4, 0.5) is 0 Å². The van der Waals surface area contributed by atoms with Crippen LogP contribution >= 0.6 is 11.8 Å². The van der Waals surface area contributed by atoms with E-state index < -0.39 is 10.7 Å². The Bertz CT molecular complexity index is 1320. The second-order valence-corrected chi connectivity index (χ2v) is 8.47. The van der Waals surface area contributed by atoms with Gasteiger partial charge in [-0.3, -0.25) is 9.36 Å². The molecule has 1 N–H and O–H groups in total. The van der Waals surface area contributed by atoms with Crippen molar-refractivity contribution >= 4 is 39.7 Å². The summed E-state index contributed by atoms with van der Waals surface area (Å²) in [5.74, 6) is -0.801. The summed E-state index contributed by atoms with van der Waals surface area (Å²) in [6, 6.07) is 17.4. The molecule has 0 saturated heterocycles. The van der Waals surface area contributed by atoms with Crippen LogP contribution in [0.2, 0.25) is 0 Å². The number of aromatic nitrogens is 3. The number of aliphatic carboxylic acids is 1. The van der Waals surface area contributed by atoms with Gasteiger partial charge in [0.1, 0.15) is 4.75 Å². The molecule has 6 nitrogen and oxygen atoms in total. The molecule has 1 fully saturated rings. The molecule has 142 valence electrons. The highest BCUT2D eigenvalue weighted by molar-refractivity contribution is 8.01. The zero-order valence-corrected chi connectivity index (χ0v) is 16.2. The highest BCUT2D eigenvalue weighted by atomic mass is 32.2. The fourth-order valence-electron chi connectivity index (χ4n) is 3.80. The molecule has 0 aliphatic heterocycles. The van der Waals surface area contributed by atoms with Crippen molar-refractivity contribution in [1.29, 1.82) is 5.26 Å². The summed E-state index contributed by atoms with van der Waals surface area (Å²) in [4.78, 5) is 21.0. The van der Waals surface area contributed by atoms with E-state index in [2.05, 4.69) is 16.0 Å². The highest BCUT2D eigenvalue weighted by Gasteiger charge is 2.47. The Kier molecular flexibility index (Phi) is 4.03. The van der Waals surface area contributed by atoms with Gasteiger partial charge in [-0.15, -0.1) is 0 Å². The van der Waals surface area contributed by atoms with Gasteiger partial charge in [0.2, 0.25) is 0 Å². The number of nitrogens with zero attached hydrogens (tertiary/aromatic N) is 4. The summed E-state index contributed by atoms with van der Waals surface area (Å²) in [6.45, 7) is 0. The molecule has 0 radical (unpaired) electrons. The second kappa shape index (κ2) is 6.61. The summed E-state index contributed by atoms with van der Waals surface area (Å²) in [6.07, 6.45) is 3.83. The molecule has 2 heterocycles. The molecule has 29 heavy (non-hydrogen) atoms. The van der Waals surface area contributed by atoms with E-state index in [1.54, 1.807) is 12.3 Å². The van der Waals surface area contributed by atoms with Gasteiger partial charge in [-0.1, -0.05) is 36.0 Å². The van der Waals surface area contributed by atoms with E-state index in [0.29, 0.717) is 29.2 Å². The normalized spacial score (nSPS) is 15.1. The van der Waals surface area contributed by atoms with Gasteiger partial charge in [0, 0.05) is 17.0 Å². The third-order valence-corrected chi connectivity index (χ3v) is 6.93. The van der Waals surface area contributed by atoms with E-state index in [9.17, 15) is 15.2 Å². The van der Waals surface area contributed by atoms with Crippen LogP contribution in [0.1, 0.15) is 24.8 Å². The third kappa shape index (κ3) is 2.68. The van der Waals surface area contributed by atoms with Crippen molar-refractivity contribution < 1.29 is 9.90 Å². The Labute approximate surface area is 170 Å². The van der Waals surface area contributed by atoms with E-state index in [0.717, 1.165) is 28.4 Å². The molecule has 1 aliphatic rings. The fourth-order valence-corrected chi connectivity index (χ4v) is 5.15. The number of carboxylic acid groups (broad SMARTS) is 1. The molecule has 0 spiro atoms. The van der Waals surface area contributed by atoms with E-state index in [4.69, 9.17) is 0 Å². The molecular formula is C22H16N4O2S. The van der Waals surface area contributed by atoms with Gasteiger partial charge in [-0.25, -0.2) is 9.97 Å². The van der Waals surface area contributed by atoms with Crippen LogP contribution in [0.5, 0.6) is 0 Å². The second-order valence-electron chi connectivity index (χ2n) is 7.12. The summed E-state index contributed by atoms with van der Waals surface area (Å²) in [5, 5.41) is 21.7. The lowest BCUT2D eigenvalue weighted by molar-refractivity contribution is -0.142. The van der Waals surface area contributed by atoms with Crippen LogP contribution in [0.25, 0.3) is 27.6 Å². The third-order valence-electron chi connectivity index (χ3n) is 5.50. The molecule has 0 amide bonds. The molecule has 0 unspecified atom stereocenters. The molecule has 2 aromatic carbocycles. The minimum absolute atomic E-state index is 0.573. The standard InChI is InChI=1S/C22H16N4O2S/c23-13-14-8-9-17(16-6-2-1-5-15(14)16)26-18-7-3-12-24-19(18)25-21(26)29-22(20(27)28)10-4-11-22/h1-3,5-9,12H,4,10-11H2,(H,27,28). The van der Waals surface area contributed by atoms with E-state index in [1.807, 2.05) is 47.0 Å². The van der Waals surface area contributed by atoms with Gasteiger partial charge < -0.3 is 5.11 Å². The molecule has 7 heteroatoms. The predicted molar refractivity (Wildman–Crippen MR) is 111 cm³/mol. The number of rotatable bonds is 4. The molecule has 0 bridgehead atoms. The van der Waals surface area contributed by atoms with Crippen molar-refractivity contribution in [3.05, 3.63) is 60.3 Å². The van der Waals surface area contributed by atoms with Crippen molar-refractivity contribution in [2.75, 3.05) is 0 Å². The van der Waals surface area contributed by atoms with E-state index in [1.165, 1.54) is 11.8 Å². The van der Waals surface area contributed by atoms with Crippen LogP contribution in [-0.2, 0) is 4.79 Å². The first-order valence-electron chi connectivity index (χ1n) is 9.31. The zero-order chi connectivity index (χ0) is 20.0. The van der Waals surface area contributed by atoms with E-state index >= 15 is 0 Å². The van der Waals surface area contributed by atoms with Crippen LogP contribution in [-0.4, -0.2) is 30.4 Å². The minimum Gasteiger partial charge on any atom is -0.480 e. The topological polar surface area (TPSA) is 91.8 Å². The number of benzene rings is 2. The molecule has 4 aromatic rings. The largest absolute Gasteiger partial charge is 0.480 e. The van der Waals surface area contributed by atoms with Gasteiger partial charge in [0.15, 0.2) is 10.8 Å². The molecule has 2 aromatic heterocycles. The lowest BCUT2D eigenvalue weighted by atomic mass is 9.84.